The quantitative estimate of drug-likeness (QED) is 0.766. The number of rotatable bonds is 6. The van der Waals surface area contributed by atoms with Gasteiger partial charge < -0.3 is 10.4 Å². The summed E-state index contributed by atoms with van der Waals surface area (Å²) in [5.41, 5.74) is -0.158. The summed E-state index contributed by atoms with van der Waals surface area (Å²) in [5, 5.41) is 19.6. The average molecular weight is 319 g/mol. The van der Waals surface area contributed by atoms with Gasteiger partial charge in [0.1, 0.15) is 5.82 Å². The Bertz CT molecular complexity index is 682. The van der Waals surface area contributed by atoms with Crippen LogP contribution in [0.4, 0.5) is 4.39 Å². The molecule has 5 nitrogen and oxygen atoms in total. The van der Waals surface area contributed by atoms with Crippen molar-refractivity contribution in [1.29, 1.82) is 0 Å². The van der Waals surface area contributed by atoms with Crippen molar-refractivity contribution in [3.05, 3.63) is 41.8 Å². The van der Waals surface area contributed by atoms with Crippen molar-refractivity contribution in [3.8, 4) is 11.3 Å². The molecule has 2 unspecified atom stereocenters. The summed E-state index contributed by atoms with van der Waals surface area (Å²) >= 11 is 0. The maximum absolute atomic E-state index is 13.9. The van der Waals surface area contributed by atoms with Crippen LogP contribution in [0, 0.1) is 11.7 Å². The minimum atomic E-state index is -1.01. The number of nitrogens with one attached hydrogen (secondary N) is 2. The lowest BCUT2D eigenvalue weighted by Gasteiger charge is -2.29. The van der Waals surface area contributed by atoms with Crippen molar-refractivity contribution in [2.75, 3.05) is 6.54 Å². The molecule has 0 radical (unpaired) electrons. The van der Waals surface area contributed by atoms with E-state index in [9.17, 15) is 14.3 Å². The second-order valence-electron chi connectivity index (χ2n) is 5.99. The number of hydrogen-bond donors (Lipinski definition) is 3. The van der Waals surface area contributed by atoms with E-state index < -0.39 is 17.3 Å². The molecule has 0 aliphatic carbocycles. The number of halogens is 1. The highest BCUT2D eigenvalue weighted by molar-refractivity contribution is 5.99. The number of benzene rings is 1. The highest BCUT2D eigenvalue weighted by atomic mass is 19.1. The van der Waals surface area contributed by atoms with E-state index >= 15 is 0 Å². The Balaban J connectivity index is 2.16. The zero-order valence-corrected chi connectivity index (χ0v) is 13.6. The van der Waals surface area contributed by atoms with Crippen LogP contribution in [0.2, 0.25) is 0 Å². The standard InChI is InChI=1S/C17H22FN3O2/c1-4-11(2)17(3,23)10-19-16(22)13-9-20-21-15(13)12-7-5-6-8-14(12)18/h5-9,11,23H,4,10H2,1-3H3,(H,19,22)(H,20,21). The smallest absolute Gasteiger partial charge is 0.255 e. The van der Waals surface area contributed by atoms with Gasteiger partial charge in [0.05, 0.1) is 23.1 Å². The molecule has 2 rings (SSSR count). The second-order valence-corrected chi connectivity index (χ2v) is 5.99. The molecule has 1 heterocycles. The van der Waals surface area contributed by atoms with Crippen LogP contribution >= 0.6 is 0 Å². The SMILES string of the molecule is CCC(C)C(C)(O)CNC(=O)c1cn[nH]c1-c1ccccc1F. The summed E-state index contributed by atoms with van der Waals surface area (Å²) in [7, 11) is 0. The van der Waals surface area contributed by atoms with Crippen LogP contribution in [-0.4, -0.2) is 33.4 Å². The first kappa shape index (κ1) is 17.1. The third kappa shape index (κ3) is 3.76. The van der Waals surface area contributed by atoms with E-state index in [0.29, 0.717) is 5.69 Å². The normalized spacial score (nSPS) is 15.0. The summed E-state index contributed by atoms with van der Waals surface area (Å²) in [5.74, 6) is -0.795. The van der Waals surface area contributed by atoms with E-state index in [1.165, 1.54) is 12.3 Å². The van der Waals surface area contributed by atoms with Gasteiger partial charge in [-0.25, -0.2) is 4.39 Å². The molecule has 1 aromatic carbocycles. The van der Waals surface area contributed by atoms with Crippen molar-refractivity contribution < 1.29 is 14.3 Å². The summed E-state index contributed by atoms with van der Waals surface area (Å²) in [6.07, 6.45) is 2.16. The van der Waals surface area contributed by atoms with Gasteiger partial charge in [0.2, 0.25) is 0 Å². The van der Waals surface area contributed by atoms with Gasteiger partial charge >= 0.3 is 0 Å². The van der Waals surface area contributed by atoms with E-state index in [2.05, 4.69) is 15.5 Å². The first-order valence-electron chi connectivity index (χ1n) is 7.65. The molecule has 2 atom stereocenters. The molecule has 0 bridgehead atoms. The van der Waals surface area contributed by atoms with Crippen molar-refractivity contribution in [2.24, 2.45) is 5.92 Å². The van der Waals surface area contributed by atoms with Gasteiger partial charge in [0, 0.05) is 12.1 Å². The van der Waals surface area contributed by atoms with Gasteiger partial charge in [-0.3, -0.25) is 9.89 Å². The third-order valence-electron chi connectivity index (χ3n) is 4.31. The predicted molar refractivity (Wildman–Crippen MR) is 86.4 cm³/mol. The third-order valence-corrected chi connectivity index (χ3v) is 4.31. The van der Waals surface area contributed by atoms with Crippen molar-refractivity contribution in [2.45, 2.75) is 32.8 Å². The minimum Gasteiger partial charge on any atom is -0.388 e. The van der Waals surface area contributed by atoms with E-state index in [-0.39, 0.29) is 23.6 Å². The zero-order valence-electron chi connectivity index (χ0n) is 13.6. The van der Waals surface area contributed by atoms with E-state index in [1.54, 1.807) is 25.1 Å². The Morgan fingerprint density at radius 2 is 2.17 bits per heavy atom. The molecule has 0 saturated heterocycles. The Morgan fingerprint density at radius 1 is 1.48 bits per heavy atom. The zero-order chi connectivity index (χ0) is 17.0. The fourth-order valence-electron chi connectivity index (χ4n) is 2.30. The van der Waals surface area contributed by atoms with E-state index in [1.807, 2.05) is 13.8 Å². The Hall–Kier alpha value is -2.21. The van der Waals surface area contributed by atoms with Gasteiger partial charge in [-0.05, 0) is 25.0 Å². The second kappa shape index (κ2) is 6.91. The number of hydrogen-bond acceptors (Lipinski definition) is 3. The molecule has 23 heavy (non-hydrogen) atoms. The molecule has 1 amide bonds. The molecule has 3 N–H and O–H groups in total. The largest absolute Gasteiger partial charge is 0.388 e. The maximum atomic E-state index is 13.9. The topological polar surface area (TPSA) is 78.0 Å². The Kier molecular flexibility index (Phi) is 5.15. The fraction of sp³-hybridized carbons (Fsp3) is 0.412. The molecule has 0 aliphatic heterocycles. The first-order chi connectivity index (χ1) is 10.9. The van der Waals surface area contributed by atoms with Gasteiger partial charge in [-0.1, -0.05) is 32.4 Å². The number of carbonyl (C=O) groups is 1. The van der Waals surface area contributed by atoms with Gasteiger partial charge in [-0.15, -0.1) is 0 Å². The molecule has 0 spiro atoms. The van der Waals surface area contributed by atoms with Gasteiger partial charge in [-0.2, -0.15) is 5.10 Å². The molecule has 124 valence electrons. The van der Waals surface area contributed by atoms with Crippen LogP contribution in [0.15, 0.2) is 30.5 Å². The molecule has 0 saturated carbocycles. The monoisotopic (exact) mass is 319 g/mol. The van der Waals surface area contributed by atoms with Gasteiger partial charge in [0.15, 0.2) is 0 Å². The molecule has 0 fully saturated rings. The van der Waals surface area contributed by atoms with Crippen LogP contribution in [-0.2, 0) is 0 Å². The van der Waals surface area contributed by atoms with Crippen LogP contribution in [0.1, 0.15) is 37.6 Å². The lowest BCUT2D eigenvalue weighted by molar-refractivity contribution is 0.00593. The van der Waals surface area contributed by atoms with Crippen LogP contribution in [0.3, 0.4) is 0 Å². The summed E-state index contributed by atoms with van der Waals surface area (Å²) < 4.78 is 13.9. The molecular formula is C17H22FN3O2. The highest BCUT2D eigenvalue weighted by Gasteiger charge is 2.28. The van der Waals surface area contributed by atoms with Crippen molar-refractivity contribution in [3.63, 3.8) is 0 Å². The fourth-order valence-corrected chi connectivity index (χ4v) is 2.30. The average Bonchev–Trinajstić information content (AvgIpc) is 3.01. The Labute approximate surface area is 134 Å². The number of carbonyl (C=O) groups excluding carboxylic acids is 1. The molecule has 1 aromatic heterocycles. The number of amides is 1. The van der Waals surface area contributed by atoms with Crippen molar-refractivity contribution in [1.82, 2.24) is 15.5 Å². The van der Waals surface area contributed by atoms with Crippen LogP contribution in [0.25, 0.3) is 11.3 Å². The van der Waals surface area contributed by atoms with Gasteiger partial charge in [0.25, 0.3) is 5.91 Å². The molecule has 2 aromatic rings. The lowest BCUT2D eigenvalue weighted by atomic mass is 9.88. The number of nitrogens with zero attached hydrogens (tertiary/aromatic N) is 1. The molecule has 0 aliphatic rings. The first-order valence-corrected chi connectivity index (χ1v) is 7.65. The van der Waals surface area contributed by atoms with E-state index in [0.717, 1.165) is 6.42 Å². The molecule has 6 heteroatoms. The van der Waals surface area contributed by atoms with E-state index in [4.69, 9.17) is 0 Å². The number of aromatic nitrogens is 2. The number of aromatic amines is 1. The van der Waals surface area contributed by atoms with Crippen LogP contribution in [0.5, 0.6) is 0 Å². The number of aliphatic hydroxyl groups is 1. The summed E-state index contributed by atoms with van der Waals surface area (Å²) in [6.45, 7) is 5.71. The predicted octanol–water partition coefficient (Wildman–Crippen LogP) is 2.74. The minimum absolute atomic E-state index is 0.0400. The Morgan fingerprint density at radius 3 is 2.83 bits per heavy atom. The lowest BCUT2D eigenvalue weighted by Crippen LogP contribution is -2.45. The number of H-pyrrole nitrogens is 1. The summed E-state index contributed by atoms with van der Waals surface area (Å²) in [6, 6.07) is 6.17. The summed E-state index contributed by atoms with van der Waals surface area (Å²) in [4.78, 5) is 12.4. The van der Waals surface area contributed by atoms with Crippen molar-refractivity contribution >= 4 is 5.91 Å². The molecular weight excluding hydrogens is 297 g/mol. The van der Waals surface area contributed by atoms with Crippen LogP contribution < -0.4 is 5.32 Å². The maximum Gasteiger partial charge on any atom is 0.255 e. The highest BCUT2D eigenvalue weighted by Crippen LogP contribution is 2.24.